The lowest BCUT2D eigenvalue weighted by molar-refractivity contribution is -0.115. The molecule has 0 spiro atoms. The molecular formula is C29H28ClNO3. The third kappa shape index (κ3) is 4.78. The minimum atomic E-state index is -0.486. The van der Waals surface area contributed by atoms with Crippen LogP contribution in [0.25, 0.3) is 21.9 Å². The fraction of sp³-hybridized carbons (Fsp3) is 0.241. The van der Waals surface area contributed by atoms with Crippen LogP contribution in [0.2, 0.25) is 5.02 Å². The van der Waals surface area contributed by atoms with Crippen molar-refractivity contribution in [3.05, 3.63) is 99.1 Å². The predicted octanol–water partition coefficient (Wildman–Crippen LogP) is 7.54. The Bertz CT molecular complexity index is 1380. The number of carbonyl (C=O) groups excluding carboxylic acids is 1. The first-order valence-corrected chi connectivity index (χ1v) is 11.9. The highest BCUT2D eigenvalue weighted by molar-refractivity contribution is 6.31. The van der Waals surface area contributed by atoms with E-state index in [1.165, 1.54) is 0 Å². The van der Waals surface area contributed by atoms with Crippen LogP contribution in [0.5, 0.6) is 0 Å². The van der Waals surface area contributed by atoms with Crippen molar-refractivity contribution in [2.24, 2.45) is 0 Å². The topological polar surface area (TPSA) is 59.3 Å². The molecule has 0 aliphatic heterocycles. The van der Waals surface area contributed by atoms with Gasteiger partial charge in [-0.05, 0) is 46.7 Å². The van der Waals surface area contributed by atoms with Crippen LogP contribution in [0, 0.1) is 0 Å². The van der Waals surface area contributed by atoms with Crippen LogP contribution in [-0.4, -0.2) is 5.91 Å². The fourth-order valence-corrected chi connectivity index (χ4v) is 4.51. The number of amides is 1. The number of rotatable bonds is 6. The number of anilines is 1. The minimum Gasteiger partial charge on any atom is -0.426 e. The molecule has 4 aromatic rings. The van der Waals surface area contributed by atoms with E-state index in [2.05, 4.69) is 33.0 Å². The molecule has 0 aliphatic carbocycles. The van der Waals surface area contributed by atoms with E-state index in [4.69, 9.17) is 16.0 Å². The normalized spacial score (nSPS) is 11.4. The molecule has 3 aromatic carbocycles. The van der Waals surface area contributed by atoms with Gasteiger partial charge in [0.2, 0.25) is 5.91 Å². The van der Waals surface area contributed by atoms with Gasteiger partial charge in [-0.3, -0.25) is 4.79 Å². The SMILES string of the molecule is CC(C)c1cccc(C(C)C)c1NC(=O)Cc1oc(=O)c2ccc(Cl)cc2c1-c1ccccc1. The van der Waals surface area contributed by atoms with Crippen molar-refractivity contribution in [2.75, 3.05) is 5.32 Å². The monoisotopic (exact) mass is 473 g/mol. The molecule has 0 unspecified atom stereocenters. The van der Waals surface area contributed by atoms with E-state index in [-0.39, 0.29) is 24.2 Å². The van der Waals surface area contributed by atoms with Crippen molar-refractivity contribution >= 4 is 34.0 Å². The molecule has 0 bridgehead atoms. The molecule has 0 fully saturated rings. The molecule has 0 saturated carbocycles. The van der Waals surface area contributed by atoms with Crippen LogP contribution in [0.1, 0.15) is 56.4 Å². The van der Waals surface area contributed by atoms with Crippen molar-refractivity contribution in [3.8, 4) is 11.1 Å². The Morgan fingerprint density at radius 3 is 2.15 bits per heavy atom. The number of fused-ring (bicyclic) bond motifs is 1. The summed E-state index contributed by atoms with van der Waals surface area (Å²) in [6.45, 7) is 8.42. The lowest BCUT2D eigenvalue weighted by Gasteiger charge is -2.20. The van der Waals surface area contributed by atoms with E-state index in [0.717, 1.165) is 22.4 Å². The van der Waals surface area contributed by atoms with Crippen LogP contribution in [-0.2, 0) is 11.2 Å². The van der Waals surface area contributed by atoms with Gasteiger partial charge in [0.05, 0.1) is 11.8 Å². The number of benzene rings is 3. The summed E-state index contributed by atoms with van der Waals surface area (Å²) in [6, 6.07) is 20.8. The van der Waals surface area contributed by atoms with Crippen LogP contribution in [0.4, 0.5) is 5.69 Å². The smallest absolute Gasteiger partial charge is 0.343 e. The van der Waals surface area contributed by atoms with Gasteiger partial charge in [0, 0.05) is 21.7 Å². The fourth-order valence-electron chi connectivity index (χ4n) is 4.34. The first-order chi connectivity index (χ1) is 16.3. The molecule has 1 aromatic heterocycles. The zero-order chi connectivity index (χ0) is 24.4. The van der Waals surface area contributed by atoms with E-state index >= 15 is 0 Å². The van der Waals surface area contributed by atoms with Gasteiger partial charge in [-0.25, -0.2) is 4.79 Å². The Morgan fingerprint density at radius 2 is 1.53 bits per heavy atom. The van der Waals surface area contributed by atoms with Gasteiger partial charge in [-0.1, -0.05) is 87.8 Å². The van der Waals surface area contributed by atoms with E-state index in [1.807, 2.05) is 48.5 Å². The summed E-state index contributed by atoms with van der Waals surface area (Å²) in [7, 11) is 0. The van der Waals surface area contributed by atoms with Gasteiger partial charge in [-0.15, -0.1) is 0 Å². The summed E-state index contributed by atoms with van der Waals surface area (Å²) < 4.78 is 5.72. The van der Waals surface area contributed by atoms with Gasteiger partial charge in [0.1, 0.15) is 5.76 Å². The van der Waals surface area contributed by atoms with E-state index < -0.39 is 5.63 Å². The largest absolute Gasteiger partial charge is 0.426 e. The molecule has 4 rings (SSSR count). The summed E-state index contributed by atoms with van der Waals surface area (Å²) in [6.07, 6.45) is -0.0775. The quantitative estimate of drug-likeness (QED) is 0.314. The van der Waals surface area contributed by atoms with Crippen LogP contribution in [0.3, 0.4) is 0 Å². The second-order valence-corrected chi connectivity index (χ2v) is 9.53. The first-order valence-electron chi connectivity index (χ1n) is 11.5. The number of hydrogen-bond acceptors (Lipinski definition) is 3. The molecule has 0 atom stereocenters. The number of nitrogens with one attached hydrogen (secondary N) is 1. The summed E-state index contributed by atoms with van der Waals surface area (Å²) in [5, 5.41) is 4.73. The molecular weight excluding hydrogens is 446 g/mol. The van der Waals surface area contributed by atoms with Gasteiger partial charge in [0.25, 0.3) is 0 Å². The molecule has 5 heteroatoms. The zero-order valence-electron chi connectivity index (χ0n) is 19.8. The average Bonchev–Trinajstić information content (AvgIpc) is 2.79. The molecule has 1 amide bonds. The van der Waals surface area contributed by atoms with Crippen molar-refractivity contribution < 1.29 is 9.21 Å². The summed E-state index contributed by atoms with van der Waals surface area (Å²) in [5.74, 6) is 0.567. The minimum absolute atomic E-state index is 0.0775. The molecule has 4 nitrogen and oxygen atoms in total. The molecule has 34 heavy (non-hydrogen) atoms. The lowest BCUT2D eigenvalue weighted by atomic mass is 9.92. The van der Waals surface area contributed by atoms with Crippen molar-refractivity contribution in [2.45, 2.75) is 46.0 Å². The maximum atomic E-state index is 13.3. The molecule has 1 N–H and O–H groups in total. The second kappa shape index (κ2) is 9.86. The van der Waals surface area contributed by atoms with Gasteiger partial charge in [0.15, 0.2) is 0 Å². The highest BCUT2D eigenvalue weighted by Crippen LogP contribution is 2.34. The van der Waals surface area contributed by atoms with Gasteiger partial charge >= 0.3 is 5.63 Å². The Balaban J connectivity index is 1.81. The molecule has 0 aliphatic rings. The lowest BCUT2D eigenvalue weighted by Crippen LogP contribution is -2.19. The molecule has 0 radical (unpaired) electrons. The Morgan fingerprint density at radius 1 is 0.882 bits per heavy atom. The molecule has 1 heterocycles. The highest BCUT2D eigenvalue weighted by Gasteiger charge is 2.21. The van der Waals surface area contributed by atoms with Crippen molar-refractivity contribution in [1.29, 1.82) is 0 Å². The second-order valence-electron chi connectivity index (χ2n) is 9.09. The number of halogens is 1. The van der Waals surface area contributed by atoms with E-state index in [9.17, 15) is 9.59 Å². The third-order valence-corrected chi connectivity index (χ3v) is 6.22. The first kappa shape index (κ1) is 23.8. The number of carbonyl (C=O) groups is 1. The predicted molar refractivity (Wildman–Crippen MR) is 140 cm³/mol. The standard InChI is InChI=1S/C29H28ClNO3/c1-17(2)21-11-8-12-22(18(3)4)28(21)31-26(32)16-25-27(19-9-6-5-7-10-19)24-15-20(30)13-14-23(24)29(33)34-25/h5-15,17-18H,16H2,1-4H3,(H,31,32). The Kier molecular flexibility index (Phi) is 6.90. The number of para-hydroxylation sites is 1. The summed E-state index contributed by atoms with van der Waals surface area (Å²) >= 11 is 6.28. The summed E-state index contributed by atoms with van der Waals surface area (Å²) in [4.78, 5) is 26.1. The Hall–Kier alpha value is -3.37. The van der Waals surface area contributed by atoms with Crippen LogP contribution in [0.15, 0.2) is 75.9 Å². The molecule has 0 saturated heterocycles. The van der Waals surface area contributed by atoms with Gasteiger partial charge < -0.3 is 9.73 Å². The van der Waals surface area contributed by atoms with E-state index in [1.54, 1.807) is 18.2 Å². The Labute approximate surface area is 204 Å². The van der Waals surface area contributed by atoms with E-state index in [0.29, 0.717) is 27.1 Å². The van der Waals surface area contributed by atoms with Crippen molar-refractivity contribution in [1.82, 2.24) is 0 Å². The van der Waals surface area contributed by atoms with Crippen molar-refractivity contribution in [3.63, 3.8) is 0 Å². The zero-order valence-corrected chi connectivity index (χ0v) is 20.6. The van der Waals surface area contributed by atoms with Crippen LogP contribution >= 0.6 is 11.6 Å². The van der Waals surface area contributed by atoms with Crippen LogP contribution < -0.4 is 10.9 Å². The average molecular weight is 474 g/mol. The maximum absolute atomic E-state index is 13.3. The number of hydrogen-bond donors (Lipinski definition) is 1. The maximum Gasteiger partial charge on any atom is 0.343 e. The third-order valence-electron chi connectivity index (χ3n) is 5.99. The van der Waals surface area contributed by atoms with Gasteiger partial charge in [-0.2, -0.15) is 0 Å². The highest BCUT2D eigenvalue weighted by atomic mass is 35.5. The summed E-state index contributed by atoms with van der Waals surface area (Å²) in [5.41, 5.74) is 4.06. The molecule has 174 valence electrons.